The van der Waals surface area contributed by atoms with Crippen LogP contribution in [0, 0.1) is 17.8 Å². The number of carbonyl (C=O) groups is 2. The molecule has 7 heteroatoms. The minimum Gasteiger partial charge on any atom is -0.444 e. The molecule has 144 valence electrons. The molecule has 2 fully saturated rings. The van der Waals surface area contributed by atoms with Gasteiger partial charge in [-0.3, -0.25) is 0 Å². The number of likely N-dealkylation sites (tertiary alicyclic amines) is 1. The number of nitrogens with one attached hydrogen (secondary N) is 1. The Hall–Kier alpha value is -1.50. The number of piperidine rings is 1. The number of aliphatic hydroxyl groups excluding tert-OH is 1. The molecule has 7 nitrogen and oxygen atoms in total. The van der Waals surface area contributed by atoms with Gasteiger partial charge in [0.05, 0.1) is 0 Å². The van der Waals surface area contributed by atoms with Crippen LogP contribution in [0.3, 0.4) is 0 Å². The molecule has 0 aromatic rings. The van der Waals surface area contributed by atoms with Crippen molar-refractivity contribution >= 4 is 12.2 Å². The predicted octanol–water partition coefficient (Wildman–Crippen LogP) is 2.38. The van der Waals surface area contributed by atoms with Crippen LogP contribution in [-0.4, -0.2) is 59.1 Å². The quantitative estimate of drug-likeness (QED) is 0.793. The Bertz CT molecular complexity index is 509. The minimum atomic E-state index is -0.574. The van der Waals surface area contributed by atoms with Crippen LogP contribution in [0.4, 0.5) is 9.59 Å². The number of nitrogens with zero attached hydrogens (tertiary/aromatic N) is 1. The number of alkyl carbamates (subject to hydrolysis) is 1. The van der Waals surface area contributed by atoms with E-state index in [9.17, 15) is 14.7 Å². The third-order valence-corrected chi connectivity index (χ3v) is 4.64. The van der Waals surface area contributed by atoms with Crippen molar-refractivity contribution in [3.05, 3.63) is 0 Å². The van der Waals surface area contributed by atoms with Crippen molar-refractivity contribution in [1.29, 1.82) is 0 Å². The first kappa shape index (κ1) is 19.8. The van der Waals surface area contributed by atoms with Gasteiger partial charge in [0.25, 0.3) is 0 Å². The Morgan fingerprint density at radius 1 is 1.04 bits per heavy atom. The summed E-state index contributed by atoms with van der Waals surface area (Å²) in [5.74, 6) is 0.164. The number of amides is 2. The molecule has 0 spiro atoms. The van der Waals surface area contributed by atoms with E-state index in [2.05, 4.69) is 5.32 Å². The molecule has 2 N–H and O–H groups in total. The summed E-state index contributed by atoms with van der Waals surface area (Å²) in [5.41, 5.74) is -1.12. The molecule has 2 amide bonds. The van der Waals surface area contributed by atoms with Crippen molar-refractivity contribution in [2.45, 2.75) is 65.2 Å². The largest absolute Gasteiger partial charge is 0.444 e. The number of fused-ring (bicyclic) bond motifs is 2. The second kappa shape index (κ2) is 7.02. The lowest BCUT2D eigenvalue weighted by Crippen LogP contribution is -2.47. The summed E-state index contributed by atoms with van der Waals surface area (Å²) >= 11 is 0. The fraction of sp³-hybridized carbons (Fsp3) is 0.889. The van der Waals surface area contributed by atoms with Crippen molar-refractivity contribution < 1.29 is 24.2 Å². The summed E-state index contributed by atoms with van der Waals surface area (Å²) in [6, 6.07) is -0.197. The van der Waals surface area contributed by atoms with Gasteiger partial charge in [0, 0.05) is 31.7 Å². The highest BCUT2D eigenvalue weighted by atomic mass is 16.6. The molecule has 0 aromatic heterocycles. The zero-order valence-corrected chi connectivity index (χ0v) is 16.2. The summed E-state index contributed by atoms with van der Waals surface area (Å²) in [4.78, 5) is 26.2. The maximum atomic E-state index is 12.4. The SMILES string of the molecule is CC(C)(C)OC(=O)N[C@H]1[C@H]2C[C@H](CN(C(=O)OC(C)(C)C)C2)[C@H]1CO. The van der Waals surface area contributed by atoms with Gasteiger partial charge in [-0.1, -0.05) is 0 Å². The Morgan fingerprint density at radius 2 is 1.60 bits per heavy atom. The summed E-state index contributed by atoms with van der Waals surface area (Å²) in [6.45, 7) is 12.0. The number of rotatable bonds is 2. The van der Waals surface area contributed by atoms with Crippen molar-refractivity contribution in [3.8, 4) is 0 Å². The molecule has 2 aliphatic rings. The molecule has 4 atom stereocenters. The van der Waals surface area contributed by atoms with E-state index in [-0.39, 0.29) is 36.5 Å². The van der Waals surface area contributed by atoms with Crippen molar-refractivity contribution in [2.24, 2.45) is 17.8 Å². The molecule has 1 aliphatic heterocycles. The average molecular weight is 356 g/mol. The maximum absolute atomic E-state index is 12.4. The Morgan fingerprint density at radius 3 is 2.12 bits per heavy atom. The zero-order chi connectivity index (χ0) is 19.0. The number of ether oxygens (including phenoxy) is 2. The molecule has 0 unspecified atom stereocenters. The standard InChI is InChI=1S/C18H32N2O5/c1-17(2,3)24-15(22)19-14-12-7-11(13(14)10-21)8-20(9-12)16(23)25-18(4,5)6/h11-14,21H,7-10H2,1-6H3,(H,19,22)/t11-,12+,13-,14+/m1/s1. The molecule has 0 radical (unpaired) electrons. The number of hydrogen-bond donors (Lipinski definition) is 2. The molecule has 1 heterocycles. The van der Waals surface area contributed by atoms with Crippen molar-refractivity contribution in [3.63, 3.8) is 0 Å². The summed E-state index contributed by atoms with van der Waals surface area (Å²) in [5, 5.41) is 12.7. The summed E-state index contributed by atoms with van der Waals surface area (Å²) in [7, 11) is 0. The highest BCUT2D eigenvalue weighted by molar-refractivity contribution is 5.69. The van der Waals surface area contributed by atoms with Crippen LogP contribution < -0.4 is 5.32 Å². The van der Waals surface area contributed by atoms with Crippen LogP contribution in [0.1, 0.15) is 48.0 Å². The van der Waals surface area contributed by atoms with E-state index in [1.807, 2.05) is 41.5 Å². The average Bonchev–Trinajstić information content (AvgIpc) is 2.65. The molecule has 1 saturated carbocycles. The molecule has 0 aromatic carbocycles. The van der Waals surface area contributed by atoms with Gasteiger partial charge in [0.1, 0.15) is 11.2 Å². The van der Waals surface area contributed by atoms with Gasteiger partial charge in [-0.2, -0.15) is 0 Å². The van der Waals surface area contributed by atoms with Gasteiger partial charge in [-0.15, -0.1) is 0 Å². The van der Waals surface area contributed by atoms with Gasteiger partial charge < -0.3 is 24.8 Å². The van der Waals surface area contributed by atoms with Gasteiger partial charge in [-0.05, 0) is 59.8 Å². The van der Waals surface area contributed by atoms with Crippen molar-refractivity contribution in [1.82, 2.24) is 10.2 Å². The summed E-state index contributed by atoms with van der Waals surface area (Å²) < 4.78 is 10.8. The fourth-order valence-electron chi connectivity index (χ4n) is 3.80. The second-order valence-electron chi connectivity index (χ2n) is 9.16. The number of carbonyl (C=O) groups excluding carboxylic acids is 2. The van der Waals surface area contributed by atoms with Crippen LogP contribution in [0.5, 0.6) is 0 Å². The molecular formula is C18H32N2O5. The van der Waals surface area contributed by atoms with Gasteiger partial charge in [-0.25, -0.2) is 9.59 Å². The smallest absolute Gasteiger partial charge is 0.410 e. The lowest BCUT2D eigenvalue weighted by Gasteiger charge is -2.34. The number of aliphatic hydroxyl groups is 1. The van der Waals surface area contributed by atoms with Gasteiger partial charge in [0.2, 0.25) is 0 Å². The Balaban J connectivity index is 2.04. The fourth-order valence-corrected chi connectivity index (χ4v) is 3.80. The molecule has 2 rings (SSSR count). The lowest BCUT2D eigenvalue weighted by atomic mass is 9.94. The van der Waals surface area contributed by atoms with Crippen LogP contribution in [0.2, 0.25) is 0 Å². The van der Waals surface area contributed by atoms with E-state index in [4.69, 9.17) is 9.47 Å². The van der Waals surface area contributed by atoms with E-state index in [1.165, 1.54) is 0 Å². The predicted molar refractivity (Wildman–Crippen MR) is 93.1 cm³/mol. The Kier molecular flexibility index (Phi) is 5.56. The third-order valence-electron chi connectivity index (χ3n) is 4.64. The van der Waals surface area contributed by atoms with Crippen LogP contribution in [0.15, 0.2) is 0 Å². The van der Waals surface area contributed by atoms with Gasteiger partial charge >= 0.3 is 12.2 Å². The topological polar surface area (TPSA) is 88.1 Å². The lowest BCUT2D eigenvalue weighted by molar-refractivity contribution is 0.0137. The highest BCUT2D eigenvalue weighted by Gasteiger charge is 2.49. The molecule has 2 bridgehead atoms. The highest BCUT2D eigenvalue weighted by Crippen LogP contribution is 2.41. The second-order valence-corrected chi connectivity index (χ2v) is 9.16. The third kappa shape index (κ3) is 5.23. The molecular weight excluding hydrogens is 324 g/mol. The van der Waals surface area contributed by atoms with Crippen LogP contribution in [-0.2, 0) is 9.47 Å². The Labute approximate surface area is 150 Å². The van der Waals surface area contributed by atoms with Crippen molar-refractivity contribution in [2.75, 3.05) is 19.7 Å². The minimum absolute atomic E-state index is 0.0240. The normalized spacial score (nSPS) is 29.3. The van der Waals surface area contributed by atoms with E-state index in [0.29, 0.717) is 13.1 Å². The zero-order valence-electron chi connectivity index (χ0n) is 16.2. The monoisotopic (exact) mass is 356 g/mol. The summed E-state index contributed by atoms with van der Waals surface area (Å²) in [6.07, 6.45) is 0.0643. The number of hydrogen-bond acceptors (Lipinski definition) is 5. The van der Waals surface area contributed by atoms with Gasteiger partial charge in [0.15, 0.2) is 0 Å². The first-order valence-corrected chi connectivity index (χ1v) is 8.98. The van der Waals surface area contributed by atoms with Crippen LogP contribution >= 0.6 is 0 Å². The molecule has 1 aliphatic carbocycles. The maximum Gasteiger partial charge on any atom is 0.410 e. The van der Waals surface area contributed by atoms with E-state index in [0.717, 1.165) is 6.42 Å². The van der Waals surface area contributed by atoms with E-state index >= 15 is 0 Å². The van der Waals surface area contributed by atoms with E-state index < -0.39 is 17.3 Å². The molecule has 25 heavy (non-hydrogen) atoms. The first-order chi connectivity index (χ1) is 11.4. The van der Waals surface area contributed by atoms with E-state index in [1.54, 1.807) is 4.90 Å². The first-order valence-electron chi connectivity index (χ1n) is 8.98. The molecule has 1 saturated heterocycles. The van der Waals surface area contributed by atoms with Crippen LogP contribution in [0.25, 0.3) is 0 Å².